The van der Waals surface area contributed by atoms with Gasteiger partial charge in [-0.3, -0.25) is 9.59 Å². The highest BCUT2D eigenvalue weighted by atomic mass is 32.2. The average molecular weight is 309 g/mol. The number of nitrogens with one attached hydrogen (secondary N) is 1. The fraction of sp³-hybridized carbons (Fsp3) is 0.500. The van der Waals surface area contributed by atoms with Crippen LogP contribution in [0.15, 0.2) is 23.1 Å². The van der Waals surface area contributed by atoms with Crippen molar-refractivity contribution in [1.82, 2.24) is 5.32 Å². The van der Waals surface area contributed by atoms with Gasteiger partial charge in [-0.15, -0.1) is 11.8 Å². The van der Waals surface area contributed by atoms with E-state index in [2.05, 4.69) is 11.4 Å². The minimum absolute atomic E-state index is 0.209. The Morgan fingerprint density at radius 3 is 2.62 bits per heavy atom. The molecule has 0 atom stereocenters. The van der Waals surface area contributed by atoms with Gasteiger partial charge < -0.3 is 10.1 Å². The van der Waals surface area contributed by atoms with Gasteiger partial charge in [0.05, 0.1) is 5.75 Å². The molecule has 1 aromatic carbocycles. The molecule has 1 amide bonds. The van der Waals surface area contributed by atoms with Crippen LogP contribution in [0.3, 0.4) is 0 Å². The van der Waals surface area contributed by atoms with Gasteiger partial charge in [-0.25, -0.2) is 0 Å². The van der Waals surface area contributed by atoms with Crippen LogP contribution in [-0.4, -0.2) is 30.8 Å². The molecule has 0 fully saturated rings. The van der Waals surface area contributed by atoms with E-state index in [1.54, 1.807) is 0 Å². The first kappa shape index (κ1) is 17.6. The molecule has 1 rings (SSSR count). The van der Waals surface area contributed by atoms with Crippen molar-refractivity contribution in [3.8, 4) is 0 Å². The van der Waals surface area contributed by atoms with Gasteiger partial charge in [-0.1, -0.05) is 31.5 Å². The number of benzene rings is 1. The number of amides is 1. The summed E-state index contributed by atoms with van der Waals surface area (Å²) in [6.45, 7) is 8.44. The minimum Gasteiger partial charge on any atom is -0.455 e. The predicted octanol–water partition coefficient (Wildman–Crippen LogP) is 2.71. The van der Waals surface area contributed by atoms with E-state index in [4.69, 9.17) is 4.74 Å². The Morgan fingerprint density at radius 1 is 1.29 bits per heavy atom. The van der Waals surface area contributed by atoms with Gasteiger partial charge in [0.2, 0.25) is 0 Å². The van der Waals surface area contributed by atoms with E-state index in [-0.39, 0.29) is 24.2 Å². The number of hydrogen-bond acceptors (Lipinski definition) is 4. The molecule has 1 aromatic rings. The molecule has 0 aromatic heterocycles. The summed E-state index contributed by atoms with van der Waals surface area (Å²) in [5.74, 6) is -0.0422. The van der Waals surface area contributed by atoms with Crippen LogP contribution in [-0.2, 0) is 14.3 Å². The number of aryl methyl sites for hydroxylation is 2. The second-order valence-electron chi connectivity index (χ2n) is 5.42. The molecule has 0 heterocycles. The highest BCUT2D eigenvalue weighted by molar-refractivity contribution is 8.00. The molecule has 0 aliphatic heterocycles. The van der Waals surface area contributed by atoms with E-state index in [0.717, 1.165) is 10.5 Å². The summed E-state index contributed by atoms with van der Waals surface area (Å²) >= 11 is 1.43. The molecule has 0 saturated heterocycles. The lowest BCUT2D eigenvalue weighted by Crippen LogP contribution is -2.31. The molecule has 0 bridgehead atoms. The zero-order valence-corrected chi connectivity index (χ0v) is 13.9. The van der Waals surface area contributed by atoms with E-state index in [1.165, 1.54) is 17.3 Å². The van der Waals surface area contributed by atoms with Crippen molar-refractivity contribution in [3.05, 3.63) is 29.3 Å². The summed E-state index contributed by atoms with van der Waals surface area (Å²) in [5, 5.41) is 2.70. The van der Waals surface area contributed by atoms with Crippen LogP contribution < -0.4 is 5.32 Å². The van der Waals surface area contributed by atoms with Crippen LogP contribution >= 0.6 is 11.8 Å². The maximum absolute atomic E-state index is 11.6. The van der Waals surface area contributed by atoms with Gasteiger partial charge in [0.15, 0.2) is 6.61 Å². The van der Waals surface area contributed by atoms with Crippen molar-refractivity contribution in [2.45, 2.75) is 32.6 Å². The number of esters is 1. The maximum Gasteiger partial charge on any atom is 0.316 e. The summed E-state index contributed by atoms with van der Waals surface area (Å²) in [4.78, 5) is 24.1. The Hall–Kier alpha value is -1.49. The number of hydrogen-bond donors (Lipinski definition) is 1. The first-order valence-corrected chi connectivity index (χ1v) is 7.99. The van der Waals surface area contributed by atoms with Crippen LogP contribution in [0, 0.1) is 19.8 Å². The highest BCUT2D eigenvalue weighted by Gasteiger charge is 2.09. The molecular formula is C16H23NO3S. The zero-order chi connectivity index (χ0) is 15.8. The lowest BCUT2D eigenvalue weighted by molar-refractivity contribution is -0.145. The fourth-order valence-electron chi connectivity index (χ4n) is 1.65. The molecule has 0 spiro atoms. The first-order chi connectivity index (χ1) is 9.88. The second kappa shape index (κ2) is 8.72. The standard InChI is InChI=1S/C16H23NO3S/c1-11(2)8-17-15(18)9-20-16(19)10-21-14-6-5-12(3)7-13(14)4/h5-7,11H,8-10H2,1-4H3,(H,17,18). The minimum atomic E-state index is -0.375. The third-order valence-electron chi connectivity index (χ3n) is 2.75. The summed E-state index contributed by atoms with van der Waals surface area (Å²) in [7, 11) is 0. The zero-order valence-electron chi connectivity index (χ0n) is 13.1. The van der Waals surface area contributed by atoms with Gasteiger partial charge in [0, 0.05) is 11.4 Å². The van der Waals surface area contributed by atoms with E-state index < -0.39 is 0 Å². The van der Waals surface area contributed by atoms with E-state index in [9.17, 15) is 9.59 Å². The van der Waals surface area contributed by atoms with Crippen molar-refractivity contribution in [2.75, 3.05) is 18.9 Å². The third-order valence-corrected chi connectivity index (χ3v) is 3.90. The average Bonchev–Trinajstić information content (AvgIpc) is 2.41. The normalized spacial score (nSPS) is 10.5. The van der Waals surface area contributed by atoms with Gasteiger partial charge in [-0.2, -0.15) is 0 Å². The molecule has 0 unspecified atom stereocenters. The van der Waals surface area contributed by atoms with Crippen molar-refractivity contribution in [3.63, 3.8) is 0 Å². The summed E-state index contributed by atoms with van der Waals surface area (Å²) in [5.41, 5.74) is 2.34. The lowest BCUT2D eigenvalue weighted by atomic mass is 10.2. The van der Waals surface area contributed by atoms with Crippen molar-refractivity contribution < 1.29 is 14.3 Å². The largest absolute Gasteiger partial charge is 0.455 e. The SMILES string of the molecule is Cc1ccc(SCC(=O)OCC(=O)NCC(C)C)c(C)c1. The van der Waals surface area contributed by atoms with Crippen molar-refractivity contribution >= 4 is 23.6 Å². The van der Waals surface area contributed by atoms with Crippen LogP contribution in [0.5, 0.6) is 0 Å². The summed E-state index contributed by atoms with van der Waals surface area (Å²) in [6, 6.07) is 6.09. The first-order valence-electron chi connectivity index (χ1n) is 7.01. The van der Waals surface area contributed by atoms with Gasteiger partial charge in [0.25, 0.3) is 5.91 Å². The third kappa shape index (κ3) is 7.18. The number of ether oxygens (including phenoxy) is 1. The Kier molecular flexibility index (Phi) is 7.29. The molecule has 0 aliphatic carbocycles. The monoisotopic (exact) mass is 309 g/mol. The molecule has 5 heteroatoms. The Bertz CT molecular complexity index is 500. The van der Waals surface area contributed by atoms with E-state index in [1.807, 2.05) is 39.8 Å². The van der Waals surface area contributed by atoms with E-state index in [0.29, 0.717) is 12.5 Å². The number of rotatable bonds is 7. The molecular weight excluding hydrogens is 286 g/mol. The fourth-order valence-corrected chi connectivity index (χ4v) is 2.46. The van der Waals surface area contributed by atoms with Gasteiger partial charge in [-0.05, 0) is 31.4 Å². The summed E-state index contributed by atoms with van der Waals surface area (Å²) < 4.78 is 4.95. The molecule has 1 N–H and O–H groups in total. The molecule has 0 aliphatic rings. The quantitative estimate of drug-likeness (QED) is 0.621. The second-order valence-corrected chi connectivity index (χ2v) is 6.43. The molecule has 0 saturated carbocycles. The lowest BCUT2D eigenvalue weighted by Gasteiger charge is -2.09. The van der Waals surface area contributed by atoms with Crippen molar-refractivity contribution in [1.29, 1.82) is 0 Å². The predicted molar refractivity (Wildman–Crippen MR) is 85.4 cm³/mol. The number of thioether (sulfide) groups is 1. The van der Waals surface area contributed by atoms with Crippen LogP contribution in [0.25, 0.3) is 0 Å². The van der Waals surface area contributed by atoms with Crippen LogP contribution in [0.1, 0.15) is 25.0 Å². The summed E-state index contributed by atoms with van der Waals surface area (Å²) in [6.07, 6.45) is 0. The van der Waals surface area contributed by atoms with E-state index >= 15 is 0 Å². The molecule has 4 nitrogen and oxygen atoms in total. The Labute approximate surface area is 130 Å². The van der Waals surface area contributed by atoms with Gasteiger partial charge >= 0.3 is 5.97 Å². The van der Waals surface area contributed by atoms with Crippen molar-refractivity contribution in [2.24, 2.45) is 5.92 Å². The molecule has 116 valence electrons. The molecule has 0 radical (unpaired) electrons. The van der Waals surface area contributed by atoms with Crippen LogP contribution in [0.4, 0.5) is 0 Å². The molecule has 21 heavy (non-hydrogen) atoms. The Balaban J connectivity index is 2.29. The maximum atomic E-state index is 11.6. The van der Waals surface area contributed by atoms with Gasteiger partial charge in [0.1, 0.15) is 0 Å². The Morgan fingerprint density at radius 2 is 2.00 bits per heavy atom. The van der Waals surface area contributed by atoms with Crippen LogP contribution in [0.2, 0.25) is 0 Å². The number of carbonyl (C=O) groups excluding carboxylic acids is 2. The highest BCUT2D eigenvalue weighted by Crippen LogP contribution is 2.23. The topological polar surface area (TPSA) is 55.4 Å². The number of carbonyl (C=O) groups is 2. The smallest absolute Gasteiger partial charge is 0.316 e.